The van der Waals surface area contributed by atoms with Crippen molar-refractivity contribution in [2.75, 3.05) is 6.54 Å². The van der Waals surface area contributed by atoms with Crippen molar-refractivity contribution in [2.45, 2.75) is 26.1 Å². The molecule has 0 saturated carbocycles. The third-order valence-corrected chi connectivity index (χ3v) is 1.97. The van der Waals surface area contributed by atoms with Gasteiger partial charge in [-0.15, -0.1) is 0 Å². The van der Waals surface area contributed by atoms with Crippen LogP contribution >= 0.6 is 0 Å². The van der Waals surface area contributed by atoms with Crippen LogP contribution in [0.3, 0.4) is 0 Å². The molecule has 1 atom stereocenters. The van der Waals surface area contributed by atoms with Gasteiger partial charge in [-0.2, -0.15) is 0 Å². The van der Waals surface area contributed by atoms with Crippen molar-refractivity contribution in [3.8, 4) is 0 Å². The third kappa shape index (κ3) is 2.97. The summed E-state index contributed by atoms with van der Waals surface area (Å²) >= 11 is 0. The fourth-order valence-corrected chi connectivity index (χ4v) is 1.39. The number of hydrogen-bond acceptors (Lipinski definition) is 2. The maximum Gasteiger partial charge on any atom is 0.132 e. The molecule has 0 saturated heterocycles. The van der Waals surface area contributed by atoms with Crippen LogP contribution in [0.15, 0.2) is 18.2 Å². The highest BCUT2D eigenvalue weighted by Crippen LogP contribution is 2.23. The molecule has 0 heterocycles. The van der Waals surface area contributed by atoms with Crippen LogP contribution in [0.2, 0.25) is 0 Å². The first-order valence-corrected chi connectivity index (χ1v) is 4.85. The van der Waals surface area contributed by atoms with E-state index in [4.69, 9.17) is 10.5 Å². The molecular weight excluding hydrogens is 200 g/mol. The monoisotopic (exact) mass is 215 g/mol. The summed E-state index contributed by atoms with van der Waals surface area (Å²) in [6.45, 7) is 3.64. The van der Waals surface area contributed by atoms with Crippen molar-refractivity contribution >= 4 is 0 Å². The van der Waals surface area contributed by atoms with E-state index in [0.29, 0.717) is 0 Å². The smallest absolute Gasteiger partial charge is 0.132 e. The third-order valence-electron chi connectivity index (χ3n) is 1.97. The van der Waals surface area contributed by atoms with Crippen LogP contribution in [0.1, 0.15) is 25.5 Å². The Bertz CT molecular complexity index is 308. The zero-order valence-electron chi connectivity index (χ0n) is 8.84. The fourth-order valence-electron chi connectivity index (χ4n) is 1.39. The Hall–Kier alpha value is -1.00. The molecule has 1 aromatic carbocycles. The number of nitrogens with two attached hydrogens (primary N) is 1. The lowest BCUT2D eigenvalue weighted by atomic mass is 10.1. The minimum atomic E-state index is -0.730. The molecule has 0 aromatic heterocycles. The Labute approximate surface area is 88.0 Å². The second-order valence-corrected chi connectivity index (χ2v) is 3.54. The van der Waals surface area contributed by atoms with Gasteiger partial charge >= 0.3 is 0 Å². The maximum atomic E-state index is 13.4. The second kappa shape index (κ2) is 5.19. The van der Waals surface area contributed by atoms with E-state index in [-0.39, 0.29) is 18.2 Å². The van der Waals surface area contributed by atoms with E-state index in [9.17, 15) is 8.78 Å². The SMILES string of the molecule is CC(C)OC(CN)c1c(F)cccc1F. The minimum Gasteiger partial charge on any atom is -0.369 e. The number of rotatable bonds is 4. The van der Waals surface area contributed by atoms with E-state index >= 15 is 0 Å². The predicted molar refractivity (Wildman–Crippen MR) is 54.4 cm³/mol. The molecule has 2 nitrogen and oxygen atoms in total. The first-order chi connectivity index (χ1) is 7.06. The molecule has 0 radical (unpaired) electrons. The number of halogens is 2. The summed E-state index contributed by atoms with van der Waals surface area (Å²) in [5, 5.41) is 0. The lowest BCUT2D eigenvalue weighted by molar-refractivity contribution is 0.00805. The minimum absolute atomic E-state index is 0.0516. The standard InChI is InChI=1S/C11H15F2NO/c1-7(2)15-10(6-14)11-8(12)4-3-5-9(11)13/h3-5,7,10H,6,14H2,1-2H3. The Balaban J connectivity index is 3.00. The van der Waals surface area contributed by atoms with Gasteiger partial charge in [-0.1, -0.05) is 6.07 Å². The van der Waals surface area contributed by atoms with E-state index < -0.39 is 17.7 Å². The molecular formula is C11H15F2NO. The van der Waals surface area contributed by atoms with E-state index in [1.54, 1.807) is 13.8 Å². The van der Waals surface area contributed by atoms with Gasteiger partial charge in [0.2, 0.25) is 0 Å². The van der Waals surface area contributed by atoms with Gasteiger partial charge in [0, 0.05) is 6.54 Å². The van der Waals surface area contributed by atoms with Crippen LogP contribution in [-0.4, -0.2) is 12.6 Å². The van der Waals surface area contributed by atoms with Crippen LogP contribution in [0, 0.1) is 11.6 Å². The zero-order valence-corrected chi connectivity index (χ0v) is 8.84. The first kappa shape index (κ1) is 12.1. The molecule has 1 rings (SSSR count). The lowest BCUT2D eigenvalue weighted by Gasteiger charge is -2.20. The first-order valence-electron chi connectivity index (χ1n) is 4.85. The Morgan fingerprint density at radius 3 is 2.20 bits per heavy atom. The van der Waals surface area contributed by atoms with Crippen molar-refractivity contribution in [1.82, 2.24) is 0 Å². The topological polar surface area (TPSA) is 35.2 Å². The van der Waals surface area contributed by atoms with Crippen LogP contribution in [0.5, 0.6) is 0 Å². The maximum absolute atomic E-state index is 13.4. The highest BCUT2D eigenvalue weighted by Gasteiger charge is 2.20. The molecule has 15 heavy (non-hydrogen) atoms. The van der Waals surface area contributed by atoms with Crippen LogP contribution in [0.25, 0.3) is 0 Å². The van der Waals surface area contributed by atoms with Gasteiger partial charge in [0.05, 0.1) is 11.7 Å². The predicted octanol–water partition coefficient (Wildman–Crippen LogP) is 2.39. The highest BCUT2D eigenvalue weighted by molar-refractivity contribution is 5.22. The molecule has 4 heteroatoms. The summed E-state index contributed by atoms with van der Waals surface area (Å²) in [6, 6.07) is 3.71. The summed E-state index contributed by atoms with van der Waals surface area (Å²) in [5.41, 5.74) is 5.34. The lowest BCUT2D eigenvalue weighted by Crippen LogP contribution is -2.21. The van der Waals surface area contributed by atoms with Crippen molar-refractivity contribution in [1.29, 1.82) is 0 Å². The summed E-state index contributed by atoms with van der Waals surface area (Å²) in [5.74, 6) is -1.24. The highest BCUT2D eigenvalue weighted by atomic mass is 19.1. The quantitative estimate of drug-likeness (QED) is 0.837. The van der Waals surface area contributed by atoms with Crippen molar-refractivity contribution < 1.29 is 13.5 Å². The van der Waals surface area contributed by atoms with E-state index in [2.05, 4.69) is 0 Å². The number of benzene rings is 1. The Morgan fingerprint density at radius 2 is 1.80 bits per heavy atom. The van der Waals surface area contributed by atoms with Gasteiger partial charge in [-0.05, 0) is 26.0 Å². The van der Waals surface area contributed by atoms with Gasteiger partial charge in [0.1, 0.15) is 17.7 Å². The van der Waals surface area contributed by atoms with Gasteiger partial charge in [0.25, 0.3) is 0 Å². The molecule has 0 spiro atoms. The van der Waals surface area contributed by atoms with Gasteiger partial charge in [-0.25, -0.2) is 8.78 Å². The molecule has 0 aliphatic carbocycles. The zero-order chi connectivity index (χ0) is 11.4. The van der Waals surface area contributed by atoms with Crippen LogP contribution < -0.4 is 5.73 Å². The van der Waals surface area contributed by atoms with Gasteiger partial charge < -0.3 is 10.5 Å². The largest absolute Gasteiger partial charge is 0.369 e. The molecule has 1 unspecified atom stereocenters. The molecule has 0 bridgehead atoms. The molecule has 0 aliphatic heterocycles. The molecule has 1 aromatic rings. The number of hydrogen-bond donors (Lipinski definition) is 1. The molecule has 84 valence electrons. The normalized spacial score (nSPS) is 13.2. The average Bonchev–Trinajstić information content (AvgIpc) is 2.15. The van der Waals surface area contributed by atoms with Crippen molar-refractivity contribution in [3.05, 3.63) is 35.4 Å². The number of ether oxygens (including phenoxy) is 1. The van der Waals surface area contributed by atoms with Crippen LogP contribution in [0.4, 0.5) is 8.78 Å². The average molecular weight is 215 g/mol. The van der Waals surface area contributed by atoms with Crippen LogP contribution in [-0.2, 0) is 4.74 Å². The second-order valence-electron chi connectivity index (χ2n) is 3.54. The van der Waals surface area contributed by atoms with E-state index in [1.807, 2.05) is 0 Å². The van der Waals surface area contributed by atoms with E-state index in [0.717, 1.165) is 0 Å². The molecule has 2 N–H and O–H groups in total. The van der Waals surface area contributed by atoms with E-state index in [1.165, 1.54) is 18.2 Å². The molecule has 0 aliphatic rings. The summed E-state index contributed by atoms with van der Waals surface area (Å²) < 4.78 is 32.1. The van der Waals surface area contributed by atoms with Crippen molar-refractivity contribution in [2.24, 2.45) is 5.73 Å². The summed E-state index contributed by atoms with van der Waals surface area (Å²) in [6.07, 6.45) is -0.858. The Morgan fingerprint density at radius 1 is 1.27 bits per heavy atom. The van der Waals surface area contributed by atoms with Gasteiger partial charge in [-0.3, -0.25) is 0 Å². The molecule has 0 fully saturated rings. The fraction of sp³-hybridized carbons (Fsp3) is 0.455. The van der Waals surface area contributed by atoms with Crippen molar-refractivity contribution in [3.63, 3.8) is 0 Å². The van der Waals surface area contributed by atoms with Gasteiger partial charge in [0.15, 0.2) is 0 Å². The summed E-state index contributed by atoms with van der Waals surface area (Å²) in [7, 11) is 0. The Kier molecular flexibility index (Phi) is 4.17. The summed E-state index contributed by atoms with van der Waals surface area (Å²) in [4.78, 5) is 0. The molecule has 0 amide bonds.